The van der Waals surface area contributed by atoms with Crippen LogP contribution in [-0.2, 0) is 0 Å². The van der Waals surface area contributed by atoms with E-state index in [0.29, 0.717) is 16.5 Å². The SMILES string of the molecule is O=c1[nH]c(=O)c2ccc3oc4ccccc4c3c2[nH]1. The fourth-order valence-electron chi connectivity index (χ4n) is 2.45. The highest BCUT2D eigenvalue weighted by Gasteiger charge is 2.12. The summed E-state index contributed by atoms with van der Waals surface area (Å²) in [7, 11) is 0. The smallest absolute Gasteiger partial charge is 0.326 e. The first-order valence-corrected chi connectivity index (χ1v) is 5.80. The van der Waals surface area contributed by atoms with E-state index in [1.54, 1.807) is 12.1 Å². The Hall–Kier alpha value is -2.82. The largest absolute Gasteiger partial charge is 0.456 e. The van der Waals surface area contributed by atoms with Crippen molar-refractivity contribution in [3.8, 4) is 0 Å². The second kappa shape index (κ2) is 3.35. The minimum atomic E-state index is -0.518. The van der Waals surface area contributed by atoms with Gasteiger partial charge in [0.15, 0.2) is 0 Å². The van der Waals surface area contributed by atoms with Crippen molar-refractivity contribution in [3.05, 3.63) is 57.2 Å². The standard InChI is InChI=1S/C14H8N2O3/c17-13-8-5-6-10-11(12(8)15-14(18)16-13)7-3-1-2-4-9(7)19-10/h1-6H,(H2,15,16,17,18). The summed E-state index contributed by atoms with van der Waals surface area (Å²) in [6.07, 6.45) is 0. The molecule has 0 spiro atoms. The molecule has 0 bridgehead atoms. The van der Waals surface area contributed by atoms with Gasteiger partial charge in [-0.05, 0) is 18.2 Å². The molecule has 5 heteroatoms. The van der Waals surface area contributed by atoms with E-state index in [0.717, 1.165) is 16.4 Å². The van der Waals surface area contributed by atoms with Crippen LogP contribution in [0.25, 0.3) is 32.8 Å². The molecule has 4 rings (SSSR count). The monoisotopic (exact) mass is 252 g/mol. The van der Waals surface area contributed by atoms with Crippen LogP contribution >= 0.6 is 0 Å². The van der Waals surface area contributed by atoms with Crippen molar-refractivity contribution in [2.24, 2.45) is 0 Å². The van der Waals surface area contributed by atoms with Crippen molar-refractivity contribution in [2.45, 2.75) is 0 Å². The number of hydrogen-bond acceptors (Lipinski definition) is 3. The number of furan rings is 1. The summed E-state index contributed by atoms with van der Waals surface area (Å²) in [6.45, 7) is 0. The number of fused-ring (bicyclic) bond motifs is 5. The van der Waals surface area contributed by atoms with Crippen molar-refractivity contribution >= 4 is 32.8 Å². The number of rotatable bonds is 0. The molecule has 2 N–H and O–H groups in total. The molecule has 0 unspecified atom stereocenters. The van der Waals surface area contributed by atoms with E-state index in [9.17, 15) is 9.59 Å². The van der Waals surface area contributed by atoms with Crippen LogP contribution in [0, 0.1) is 0 Å². The molecule has 0 fully saturated rings. The molecule has 5 nitrogen and oxygen atoms in total. The lowest BCUT2D eigenvalue weighted by molar-refractivity contribution is 0.669. The van der Waals surface area contributed by atoms with Gasteiger partial charge in [-0.2, -0.15) is 0 Å². The van der Waals surface area contributed by atoms with Gasteiger partial charge in [-0.15, -0.1) is 0 Å². The predicted molar refractivity (Wildman–Crippen MR) is 72.5 cm³/mol. The fraction of sp³-hybridized carbons (Fsp3) is 0. The maximum Gasteiger partial charge on any atom is 0.326 e. The summed E-state index contributed by atoms with van der Waals surface area (Å²) in [5, 5.41) is 2.08. The fourth-order valence-corrected chi connectivity index (χ4v) is 2.45. The molecule has 0 atom stereocenters. The summed E-state index contributed by atoms with van der Waals surface area (Å²) in [5.41, 5.74) is 0.971. The topological polar surface area (TPSA) is 78.9 Å². The third kappa shape index (κ3) is 1.29. The van der Waals surface area contributed by atoms with Crippen LogP contribution in [0.5, 0.6) is 0 Å². The average Bonchev–Trinajstić information content (AvgIpc) is 2.77. The number of benzene rings is 2. The van der Waals surface area contributed by atoms with E-state index < -0.39 is 11.2 Å². The summed E-state index contributed by atoms with van der Waals surface area (Å²) < 4.78 is 5.71. The van der Waals surface area contributed by atoms with Crippen molar-refractivity contribution in [1.82, 2.24) is 9.97 Å². The zero-order valence-electron chi connectivity index (χ0n) is 9.69. The normalized spacial score (nSPS) is 11.6. The van der Waals surface area contributed by atoms with Crippen LogP contribution in [-0.4, -0.2) is 9.97 Å². The Morgan fingerprint density at radius 2 is 1.68 bits per heavy atom. The zero-order valence-corrected chi connectivity index (χ0v) is 9.69. The van der Waals surface area contributed by atoms with Crippen LogP contribution in [0.4, 0.5) is 0 Å². The summed E-state index contributed by atoms with van der Waals surface area (Å²) >= 11 is 0. The van der Waals surface area contributed by atoms with Gasteiger partial charge in [0.05, 0.1) is 16.3 Å². The molecular weight excluding hydrogens is 244 g/mol. The molecular formula is C14H8N2O3. The quantitative estimate of drug-likeness (QED) is 0.503. The number of hydrogen-bond donors (Lipinski definition) is 2. The van der Waals surface area contributed by atoms with Crippen LogP contribution in [0.2, 0.25) is 0 Å². The highest BCUT2D eigenvalue weighted by atomic mass is 16.3. The van der Waals surface area contributed by atoms with Gasteiger partial charge in [0.2, 0.25) is 0 Å². The lowest BCUT2D eigenvalue weighted by Crippen LogP contribution is -2.21. The first-order valence-electron chi connectivity index (χ1n) is 5.80. The van der Waals surface area contributed by atoms with Crippen LogP contribution < -0.4 is 11.2 Å². The molecule has 0 amide bonds. The average molecular weight is 252 g/mol. The molecule has 2 heterocycles. The van der Waals surface area contributed by atoms with Gasteiger partial charge in [-0.3, -0.25) is 9.78 Å². The molecule has 0 saturated carbocycles. The number of aromatic nitrogens is 2. The number of para-hydroxylation sites is 1. The maximum atomic E-state index is 11.8. The maximum absolute atomic E-state index is 11.8. The van der Waals surface area contributed by atoms with Crippen molar-refractivity contribution in [3.63, 3.8) is 0 Å². The molecule has 0 aliphatic carbocycles. The molecule has 0 aliphatic rings. The zero-order chi connectivity index (χ0) is 13.0. The van der Waals surface area contributed by atoms with Gasteiger partial charge in [0, 0.05) is 5.39 Å². The number of nitrogens with one attached hydrogen (secondary N) is 2. The second-order valence-corrected chi connectivity index (χ2v) is 4.37. The van der Waals surface area contributed by atoms with Gasteiger partial charge in [0.1, 0.15) is 11.2 Å². The molecule has 0 aliphatic heterocycles. The third-order valence-electron chi connectivity index (χ3n) is 3.25. The van der Waals surface area contributed by atoms with Crippen molar-refractivity contribution in [2.75, 3.05) is 0 Å². The van der Waals surface area contributed by atoms with Gasteiger partial charge >= 0.3 is 5.69 Å². The lowest BCUT2D eigenvalue weighted by atomic mass is 10.1. The van der Waals surface area contributed by atoms with Crippen LogP contribution in [0.1, 0.15) is 0 Å². The minimum Gasteiger partial charge on any atom is -0.456 e. The van der Waals surface area contributed by atoms with Crippen molar-refractivity contribution in [1.29, 1.82) is 0 Å². The van der Waals surface area contributed by atoms with Crippen LogP contribution in [0.15, 0.2) is 50.4 Å². The first-order chi connectivity index (χ1) is 9.24. The molecule has 2 aromatic heterocycles. The van der Waals surface area contributed by atoms with E-state index >= 15 is 0 Å². The first kappa shape index (κ1) is 10.1. The van der Waals surface area contributed by atoms with E-state index in [1.165, 1.54) is 0 Å². The van der Waals surface area contributed by atoms with Crippen molar-refractivity contribution < 1.29 is 4.42 Å². The van der Waals surface area contributed by atoms with Gasteiger partial charge in [0.25, 0.3) is 5.56 Å². The third-order valence-corrected chi connectivity index (χ3v) is 3.25. The summed E-state index contributed by atoms with van der Waals surface area (Å²) in [4.78, 5) is 28.2. The second-order valence-electron chi connectivity index (χ2n) is 4.37. The van der Waals surface area contributed by atoms with E-state index in [-0.39, 0.29) is 0 Å². The molecule has 0 saturated heterocycles. The minimum absolute atomic E-state index is 0.397. The lowest BCUT2D eigenvalue weighted by Gasteiger charge is -1.97. The Kier molecular flexibility index (Phi) is 1.79. The Bertz CT molecular complexity index is 1050. The van der Waals surface area contributed by atoms with Gasteiger partial charge < -0.3 is 9.40 Å². The van der Waals surface area contributed by atoms with Crippen LogP contribution in [0.3, 0.4) is 0 Å². The Morgan fingerprint density at radius 3 is 2.58 bits per heavy atom. The Balaban J connectivity index is 2.43. The molecule has 2 aromatic carbocycles. The van der Waals surface area contributed by atoms with E-state index in [4.69, 9.17) is 4.42 Å². The number of H-pyrrole nitrogens is 2. The highest BCUT2D eigenvalue weighted by Crippen LogP contribution is 2.31. The Labute approximate surface area is 105 Å². The predicted octanol–water partition coefficient (Wildman–Crippen LogP) is 2.12. The molecule has 19 heavy (non-hydrogen) atoms. The van der Waals surface area contributed by atoms with Gasteiger partial charge in [-0.25, -0.2) is 4.79 Å². The van der Waals surface area contributed by atoms with E-state index in [2.05, 4.69) is 9.97 Å². The molecule has 92 valence electrons. The molecule has 0 radical (unpaired) electrons. The summed E-state index contributed by atoms with van der Waals surface area (Å²) in [5.74, 6) is 0. The van der Waals surface area contributed by atoms with Gasteiger partial charge in [-0.1, -0.05) is 18.2 Å². The Morgan fingerprint density at radius 1 is 0.842 bits per heavy atom. The number of aromatic amines is 2. The highest BCUT2D eigenvalue weighted by molar-refractivity contribution is 6.16. The summed E-state index contributed by atoms with van der Waals surface area (Å²) in [6, 6.07) is 10.9. The molecule has 4 aromatic rings. The van der Waals surface area contributed by atoms with E-state index in [1.807, 2.05) is 24.3 Å².